The lowest BCUT2D eigenvalue weighted by Crippen LogP contribution is -2.45. The van der Waals surface area contributed by atoms with Crippen molar-refractivity contribution in [1.82, 2.24) is 5.32 Å². The second kappa shape index (κ2) is 4.53. The molecule has 92 valence electrons. The zero-order valence-corrected chi connectivity index (χ0v) is 9.72. The topological polar surface area (TPSA) is 29.1 Å². The van der Waals surface area contributed by atoms with E-state index in [-0.39, 0.29) is 11.3 Å². The molecule has 0 bridgehead atoms. The molecule has 0 aliphatic heterocycles. The molecule has 1 fully saturated rings. The van der Waals surface area contributed by atoms with E-state index >= 15 is 0 Å². The second-order valence-corrected chi connectivity index (χ2v) is 4.62. The molecule has 2 rings (SSSR count). The van der Waals surface area contributed by atoms with E-state index in [2.05, 4.69) is 5.32 Å². The first kappa shape index (κ1) is 12.2. The van der Waals surface area contributed by atoms with Gasteiger partial charge in [-0.15, -0.1) is 0 Å². The maximum atomic E-state index is 13.6. The molecule has 0 heterocycles. The van der Waals surface area contributed by atoms with Crippen LogP contribution >= 0.6 is 0 Å². The quantitative estimate of drug-likeness (QED) is 0.818. The minimum atomic E-state index is -0.766. The number of hydrogen-bond donors (Lipinski definition) is 1. The van der Waals surface area contributed by atoms with E-state index in [1.165, 1.54) is 6.07 Å². The standard InChI is InChI=1S/C13H15F2NO/c1-16-8-13(5-2-6-13)12(17)10-4-3-9(14)7-11(10)15/h3-4,7,16H,2,5-6,8H2,1H3. The fourth-order valence-electron chi connectivity index (χ4n) is 2.39. The summed E-state index contributed by atoms with van der Waals surface area (Å²) in [5.74, 6) is -1.64. The van der Waals surface area contributed by atoms with Crippen molar-refractivity contribution >= 4 is 5.78 Å². The number of Topliss-reactive ketones (excluding diaryl/α,β-unsaturated/α-hetero) is 1. The van der Waals surface area contributed by atoms with Crippen LogP contribution in [-0.4, -0.2) is 19.4 Å². The van der Waals surface area contributed by atoms with Crippen LogP contribution in [0.5, 0.6) is 0 Å². The molecule has 0 atom stereocenters. The van der Waals surface area contributed by atoms with Crippen LogP contribution in [0.3, 0.4) is 0 Å². The second-order valence-electron chi connectivity index (χ2n) is 4.62. The zero-order valence-electron chi connectivity index (χ0n) is 9.72. The van der Waals surface area contributed by atoms with Crippen LogP contribution in [-0.2, 0) is 0 Å². The average molecular weight is 239 g/mol. The van der Waals surface area contributed by atoms with E-state index in [0.29, 0.717) is 6.54 Å². The maximum absolute atomic E-state index is 13.6. The summed E-state index contributed by atoms with van der Waals surface area (Å²) in [7, 11) is 1.77. The monoisotopic (exact) mass is 239 g/mol. The molecule has 1 aromatic carbocycles. The van der Waals surface area contributed by atoms with Gasteiger partial charge >= 0.3 is 0 Å². The van der Waals surface area contributed by atoms with Gasteiger partial charge in [-0.05, 0) is 32.0 Å². The van der Waals surface area contributed by atoms with Crippen molar-refractivity contribution in [3.05, 3.63) is 35.4 Å². The highest BCUT2D eigenvalue weighted by Crippen LogP contribution is 2.43. The van der Waals surface area contributed by atoms with Crippen molar-refractivity contribution < 1.29 is 13.6 Å². The zero-order chi connectivity index (χ0) is 12.5. The van der Waals surface area contributed by atoms with Crippen LogP contribution in [0, 0.1) is 17.0 Å². The number of rotatable bonds is 4. The van der Waals surface area contributed by atoms with Gasteiger partial charge in [0.15, 0.2) is 5.78 Å². The molecule has 0 saturated heterocycles. The Bertz CT molecular complexity index is 441. The first-order valence-electron chi connectivity index (χ1n) is 5.73. The molecule has 0 radical (unpaired) electrons. The summed E-state index contributed by atoms with van der Waals surface area (Å²) in [4.78, 5) is 12.3. The molecule has 2 nitrogen and oxygen atoms in total. The molecule has 0 aromatic heterocycles. The summed E-state index contributed by atoms with van der Waals surface area (Å²) >= 11 is 0. The minimum absolute atomic E-state index is 0.00125. The van der Waals surface area contributed by atoms with Crippen LogP contribution in [0.25, 0.3) is 0 Å². The van der Waals surface area contributed by atoms with Crippen molar-refractivity contribution in [1.29, 1.82) is 0 Å². The highest BCUT2D eigenvalue weighted by atomic mass is 19.1. The lowest BCUT2D eigenvalue weighted by atomic mass is 9.64. The van der Waals surface area contributed by atoms with Crippen molar-refractivity contribution in [3.63, 3.8) is 0 Å². The van der Waals surface area contributed by atoms with Gasteiger partial charge in [-0.3, -0.25) is 4.79 Å². The van der Waals surface area contributed by atoms with Gasteiger partial charge in [0.05, 0.1) is 5.56 Å². The van der Waals surface area contributed by atoms with Gasteiger partial charge in [0, 0.05) is 18.0 Å². The predicted molar refractivity (Wildman–Crippen MR) is 60.9 cm³/mol. The van der Waals surface area contributed by atoms with Crippen molar-refractivity contribution in [2.75, 3.05) is 13.6 Å². The fourth-order valence-corrected chi connectivity index (χ4v) is 2.39. The van der Waals surface area contributed by atoms with E-state index in [1.807, 2.05) is 0 Å². The number of carbonyl (C=O) groups excluding carboxylic acids is 1. The number of nitrogens with one attached hydrogen (secondary N) is 1. The number of benzene rings is 1. The largest absolute Gasteiger partial charge is 0.319 e. The lowest BCUT2D eigenvalue weighted by Gasteiger charge is -2.40. The fraction of sp³-hybridized carbons (Fsp3) is 0.462. The smallest absolute Gasteiger partial charge is 0.173 e. The average Bonchev–Trinajstić information content (AvgIpc) is 2.22. The van der Waals surface area contributed by atoms with E-state index in [1.54, 1.807) is 7.05 Å². The van der Waals surface area contributed by atoms with Gasteiger partial charge in [-0.2, -0.15) is 0 Å². The summed E-state index contributed by atoms with van der Waals surface area (Å²) in [5, 5.41) is 2.97. The van der Waals surface area contributed by atoms with E-state index in [9.17, 15) is 13.6 Å². The molecular weight excluding hydrogens is 224 g/mol. The van der Waals surface area contributed by atoms with Gasteiger partial charge in [-0.25, -0.2) is 8.78 Å². The third kappa shape index (κ3) is 2.09. The molecular formula is C13H15F2NO. The normalized spacial score (nSPS) is 17.6. The Morgan fingerprint density at radius 1 is 1.41 bits per heavy atom. The summed E-state index contributed by atoms with van der Waals surface area (Å²) in [6.45, 7) is 0.544. The first-order chi connectivity index (χ1) is 8.09. The van der Waals surface area contributed by atoms with Gasteiger partial charge < -0.3 is 5.32 Å². The molecule has 17 heavy (non-hydrogen) atoms. The van der Waals surface area contributed by atoms with Crippen LogP contribution in [0.1, 0.15) is 29.6 Å². The van der Waals surface area contributed by atoms with Crippen molar-refractivity contribution in [2.45, 2.75) is 19.3 Å². The van der Waals surface area contributed by atoms with Crippen LogP contribution in [0.2, 0.25) is 0 Å². The molecule has 1 N–H and O–H groups in total. The third-order valence-corrected chi connectivity index (χ3v) is 3.48. The van der Waals surface area contributed by atoms with Gasteiger partial charge in [0.1, 0.15) is 11.6 Å². The molecule has 1 aliphatic rings. The van der Waals surface area contributed by atoms with Crippen molar-refractivity contribution in [2.24, 2.45) is 5.41 Å². The molecule has 1 aromatic rings. The van der Waals surface area contributed by atoms with E-state index < -0.39 is 17.0 Å². The first-order valence-corrected chi connectivity index (χ1v) is 5.73. The number of ketones is 1. The minimum Gasteiger partial charge on any atom is -0.319 e. The predicted octanol–water partition coefficient (Wildman–Crippen LogP) is 2.54. The number of carbonyl (C=O) groups is 1. The summed E-state index contributed by atoms with van der Waals surface area (Å²) in [6, 6.07) is 3.13. The Balaban J connectivity index is 2.30. The Labute approximate surface area is 99.0 Å². The molecule has 1 saturated carbocycles. The SMILES string of the molecule is CNCC1(C(=O)c2ccc(F)cc2F)CCC1. The Kier molecular flexibility index (Phi) is 3.24. The molecule has 0 amide bonds. The molecule has 4 heteroatoms. The highest BCUT2D eigenvalue weighted by molar-refractivity contribution is 6.01. The Morgan fingerprint density at radius 2 is 2.12 bits per heavy atom. The molecule has 0 unspecified atom stereocenters. The van der Waals surface area contributed by atoms with Gasteiger partial charge in [0.25, 0.3) is 0 Å². The maximum Gasteiger partial charge on any atom is 0.173 e. The van der Waals surface area contributed by atoms with Crippen LogP contribution < -0.4 is 5.32 Å². The Morgan fingerprint density at radius 3 is 2.59 bits per heavy atom. The Hall–Kier alpha value is -1.29. The molecule has 0 spiro atoms. The number of halogens is 2. The molecule has 1 aliphatic carbocycles. The van der Waals surface area contributed by atoms with E-state index in [0.717, 1.165) is 31.4 Å². The van der Waals surface area contributed by atoms with Crippen LogP contribution in [0.4, 0.5) is 8.78 Å². The lowest BCUT2D eigenvalue weighted by molar-refractivity contribution is 0.0609. The summed E-state index contributed by atoms with van der Waals surface area (Å²) in [5.41, 5.74) is -0.491. The highest BCUT2D eigenvalue weighted by Gasteiger charge is 2.44. The van der Waals surface area contributed by atoms with E-state index in [4.69, 9.17) is 0 Å². The van der Waals surface area contributed by atoms with Crippen LogP contribution in [0.15, 0.2) is 18.2 Å². The summed E-state index contributed by atoms with van der Waals surface area (Å²) in [6.07, 6.45) is 2.52. The van der Waals surface area contributed by atoms with Gasteiger partial charge in [-0.1, -0.05) is 6.42 Å². The summed E-state index contributed by atoms with van der Waals surface area (Å²) < 4.78 is 26.3. The van der Waals surface area contributed by atoms with Gasteiger partial charge in [0.2, 0.25) is 0 Å². The number of hydrogen-bond acceptors (Lipinski definition) is 2. The third-order valence-electron chi connectivity index (χ3n) is 3.48. The van der Waals surface area contributed by atoms with Crippen molar-refractivity contribution in [3.8, 4) is 0 Å².